The van der Waals surface area contributed by atoms with Gasteiger partial charge in [-0.15, -0.1) is 5.10 Å². The van der Waals surface area contributed by atoms with Gasteiger partial charge >= 0.3 is 0 Å². The molecule has 0 saturated carbocycles. The number of halogens is 1. The van der Waals surface area contributed by atoms with Gasteiger partial charge in [0.25, 0.3) is 11.8 Å². The van der Waals surface area contributed by atoms with E-state index in [2.05, 4.69) is 44.1 Å². The number of ketones is 1. The third-order valence-corrected chi connectivity index (χ3v) is 14.3. The topological polar surface area (TPSA) is 139 Å². The van der Waals surface area contributed by atoms with E-state index in [9.17, 15) is 14.4 Å². The van der Waals surface area contributed by atoms with Crippen LogP contribution in [-0.4, -0.2) is 71.4 Å². The lowest BCUT2D eigenvalue weighted by molar-refractivity contribution is -0.133. The highest BCUT2D eigenvalue weighted by Gasteiger charge is 2.43. The van der Waals surface area contributed by atoms with Crippen LogP contribution in [-0.2, 0) is 15.8 Å². The second-order valence-corrected chi connectivity index (χ2v) is 19.2. The summed E-state index contributed by atoms with van der Waals surface area (Å²) in [5, 5.41) is 10.6. The van der Waals surface area contributed by atoms with Gasteiger partial charge in [-0.25, -0.2) is 0 Å². The number of nitrogens with two attached hydrogens (primary N) is 1. The van der Waals surface area contributed by atoms with Crippen molar-refractivity contribution in [2.45, 2.75) is 58.0 Å². The van der Waals surface area contributed by atoms with Crippen LogP contribution in [0.3, 0.4) is 0 Å². The van der Waals surface area contributed by atoms with E-state index >= 15 is 0 Å². The molecular formula is C37H40ClN5O6Si. The summed E-state index contributed by atoms with van der Waals surface area (Å²) < 4.78 is 20.3. The number of hydrogen-bond donors (Lipinski definition) is 1. The van der Waals surface area contributed by atoms with Crippen molar-refractivity contribution >= 4 is 59.2 Å². The highest BCUT2D eigenvalue weighted by atomic mass is 35.5. The normalized spacial score (nSPS) is 15.2. The Morgan fingerprint density at radius 1 is 1.02 bits per heavy atom. The molecule has 50 heavy (non-hydrogen) atoms. The molecule has 2 amide bonds. The Morgan fingerprint density at radius 2 is 1.82 bits per heavy atom. The molecule has 3 heterocycles. The number of benzene rings is 3. The number of nitrogens with zero attached hydrogens (tertiary/aromatic N) is 4. The van der Waals surface area contributed by atoms with Crippen molar-refractivity contribution in [3.8, 4) is 17.4 Å². The first-order valence-electron chi connectivity index (χ1n) is 16.4. The fourth-order valence-corrected chi connectivity index (χ4v) is 7.25. The summed E-state index contributed by atoms with van der Waals surface area (Å²) in [4.78, 5) is 41.3. The summed E-state index contributed by atoms with van der Waals surface area (Å²) in [6.07, 6.45) is 3.52. The quantitative estimate of drug-likeness (QED) is 0.108. The van der Waals surface area contributed by atoms with Crippen LogP contribution in [0.5, 0.6) is 17.4 Å². The minimum Gasteiger partial charge on any atom is -0.485 e. The Kier molecular flexibility index (Phi) is 9.71. The van der Waals surface area contributed by atoms with Gasteiger partial charge in [0.05, 0.1) is 11.1 Å². The van der Waals surface area contributed by atoms with Crippen LogP contribution in [0.15, 0.2) is 73.1 Å². The zero-order valence-corrected chi connectivity index (χ0v) is 30.5. The van der Waals surface area contributed by atoms with Crippen LogP contribution in [0.25, 0.3) is 21.7 Å². The van der Waals surface area contributed by atoms with Crippen LogP contribution in [0.1, 0.15) is 47.9 Å². The highest BCUT2D eigenvalue weighted by Crippen LogP contribution is 2.38. The summed E-state index contributed by atoms with van der Waals surface area (Å²) in [5.74, 6) is 0.0396. The van der Waals surface area contributed by atoms with Crippen LogP contribution >= 0.6 is 11.6 Å². The third kappa shape index (κ3) is 7.37. The van der Waals surface area contributed by atoms with Gasteiger partial charge in [-0.2, -0.15) is 5.10 Å². The standard InChI is InChI=1S/C37H40ClN5O6Si/c1-37(2,3)50(4,5)49-32-12-14-42(36(32)46)15-16-43-21-29(27-11-10-26(20-30(27)43)48-34-7-6-13-40-41-34)31(44)22-47-33-19-23-8-9-25(38)17-24(23)18-28(33)35(39)45/h6-11,13,17-21,32H,12,14-16,22H2,1-5H3,(H2,39,45)/t32-/m0/s1. The first-order valence-corrected chi connectivity index (χ1v) is 19.7. The van der Waals surface area contributed by atoms with E-state index in [0.717, 1.165) is 16.3 Å². The molecule has 2 N–H and O–H groups in total. The van der Waals surface area contributed by atoms with E-state index < -0.39 is 20.3 Å². The molecule has 5 aromatic rings. The van der Waals surface area contributed by atoms with E-state index in [-0.39, 0.29) is 34.6 Å². The summed E-state index contributed by atoms with van der Waals surface area (Å²) in [7, 11) is -2.13. The predicted octanol–water partition coefficient (Wildman–Crippen LogP) is 7.01. The van der Waals surface area contributed by atoms with E-state index in [1.54, 1.807) is 60.9 Å². The largest absolute Gasteiger partial charge is 0.485 e. The number of hydrogen-bond acceptors (Lipinski definition) is 8. The summed E-state index contributed by atoms with van der Waals surface area (Å²) in [6, 6.07) is 17.4. The number of Topliss-reactive ketones (excluding diaryl/α,β-unsaturated/α-hetero) is 1. The van der Waals surface area contributed by atoms with Crippen molar-refractivity contribution in [2.75, 3.05) is 19.7 Å². The first kappa shape index (κ1) is 35.1. The van der Waals surface area contributed by atoms with Crippen molar-refractivity contribution in [3.05, 3.63) is 89.2 Å². The van der Waals surface area contributed by atoms with E-state index in [0.29, 0.717) is 53.7 Å². The van der Waals surface area contributed by atoms with Crippen molar-refractivity contribution in [2.24, 2.45) is 5.73 Å². The number of ether oxygens (including phenoxy) is 2. The number of primary amides is 1. The van der Waals surface area contributed by atoms with Gasteiger partial charge in [0.1, 0.15) is 17.6 Å². The van der Waals surface area contributed by atoms with Gasteiger partial charge in [0.15, 0.2) is 14.9 Å². The molecule has 6 rings (SSSR count). The van der Waals surface area contributed by atoms with E-state index in [4.69, 9.17) is 31.2 Å². The third-order valence-electron chi connectivity index (χ3n) is 9.55. The number of carbonyl (C=O) groups is 3. The van der Waals surface area contributed by atoms with Gasteiger partial charge in [-0.05, 0) is 77.8 Å². The number of amides is 2. The Bertz CT molecular complexity index is 2100. The zero-order chi connectivity index (χ0) is 35.8. The van der Waals surface area contributed by atoms with Gasteiger partial charge < -0.3 is 29.1 Å². The van der Waals surface area contributed by atoms with Gasteiger partial charge in [-0.3, -0.25) is 14.4 Å². The lowest BCUT2D eigenvalue weighted by Crippen LogP contribution is -2.46. The van der Waals surface area contributed by atoms with Crippen LogP contribution in [0.2, 0.25) is 23.2 Å². The van der Waals surface area contributed by atoms with Crippen molar-refractivity contribution < 1.29 is 28.3 Å². The molecule has 1 aliphatic heterocycles. The number of aromatic nitrogens is 3. The van der Waals surface area contributed by atoms with Crippen molar-refractivity contribution in [3.63, 3.8) is 0 Å². The molecule has 1 atom stereocenters. The molecule has 2 aromatic heterocycles. The molecule has 1 saturated heterocycles. The second kappa shape index (κ2) is 13.9. The molecule has 13 heteroatoms. The minimum atomic E-state index is -2.13. The second-order valence-electron chi connectivity index (χ2n) is 14.0. The Balaban J connectivity index is 1.25. The Morgan fingerprint density at radius 3 is 2.54 bits per heavy atom. The van der Waals surface area contributed by atoms with Crippen LogP contribution < -0.4 is 15.2 Å². The van der Waals surface area contributed by atoms with Crippen molar-refractivity contribution in [1.29, 1.82) is 0 Å². The van der Waals surface area contributed by atoms with Crippen molar-refractivity contribution in [1.82, 2.24) is 19.7 Å². The molecule has 260 valence electrons. The molecule has 0 bridgehead atoms. The monoisotopic (exact) mass is 713 g/mol. The fraction of sp³-hybridized carbons (Fsp3) is 0.324. The minimum absolute atomic E-state index is 0.00741. The highest BCUT2D eigenvalue weighted by molar-refractivity contribution is 6.74. The van der Waals surface area contributed by atoms with Crippen LogP contribution in [0, 0.1) is 0 Å². The predicted molar refractivity (Wildman–Crippen MR) is 195 cm³/mol. The molecule has 3 aromatic carbocycles. The number of likely N-dealkylation sites (tertiary alicyclic amines) is 1. The number of fused-ring (bicyclic) bond motifs is 2. The fourth-order valence-electron chi connectivity index (χ4n) is 5.79. The number of carbonyl (C=O) groups excluding carboxylic acids is 3. The smallest absolute Gasteiger partial charge is 0.252 e. The Labute approximate surface area is 296 Å². The summed E-state index contributed by atoms with van der Waals surface area (Å²) >= 11 is 6.14. The molecule has 0 unspecified atom stereocenters. The number of rotatable bonds is 12. The summed E-state index contributed by atoms with van der Waals surface area (Å²) in [6.45, 7) is 11.9. The lowest BCUT2D eigenvalue weighted by atomic mass is 10.1. The van der Waals surface area contributed by atoms with E-state index in [1.165, 1.54) is 0 Å². The lowest BCUT2D eigenvalue weighted by Gasteiger charge is -2.37. The van der Waals surface area contributed by atoms with Crippen LogP contribution in [0.4, 0.5) is 0 Å². The maximum absolute atomic E-state index is 13.8. The SMILES string of the molecule is CC(C)(C)[Si](C)(C)O[C@H]1CCN(CCn2cc(C(=O)COc3cc4ccc(Cl)cc4cc3C(N)=O)c3ccc(Oc4cccnn4)cc32)C1=O. The molecule has 0 spiro atoms. The first-order chi connectivity index (χ1) is 23.7. The molecule has 11 nitrogen and oxygen atoms in total. The Hall–Kier alpha value is -4.78. The van der Waals surface area contributed by atoms with E-state index in [1.807, 2.05) is 21.6 Å². The average Bonchev–Trinajstić information content (AvgIpc) is 3.60. The summed E-state index contributed by atoms with van der Waals surface area (Å²) in [5.41, 5.74) is 6.97. The maximum atomic E-state index is 13.8. The van der Waals surface area contributed by atoms with Gasteiger partial charge in [0.2, 0.25) is 11.7 Å². The average molecular weight is 714 g/mol. The molecular weight excluding hydrogens is 674 g/mol. The molecule has 1 aliphatic rings. The zero-order valence-electron chi connectivity index (χ0n) is 28.7. The van der Waals surface area contributed by atoms with Gasteiger partial charge in [-0.1, -0.05) is 38.4 Å². The maximum Gasteiger partial charge on any atom is 0.252 e. The molecule has 0 aliphatic carbocycles. The molecule has 1 fully saturated rings. The van der Waals surface area contributed by atoms with Gasteiger partial charge in [0, 0.05) is 60.1 Å². The molecule has 0 radical (unpaired) electrons.